The molecule has 0 fully saturated rings. The Morgan fingerprint density at radius 3 is 2.42 bits per heavy atom. The zero-order chi connectivity index (χ0) is 14.6. The molecular formula is C12H16FNO4S. The van der Waals surface area contributed by atoms with Crippen molar-refractivity contribution in [2.75, 3.05) is 0 Å². The third kappa shape index (κ3) is 3.74. The van der Waals surface area contributed by atoms with Gasteiger partial charge in [0, 0.05) is 6.04 Å². The highest BCUT2D eigenvalue weighted by Gasteiger charge is 2.21. The maximum atomic E-state index is 13.2. The van der Waals surface area contributed by atoms with Gasteiger partial charge in [-0.05, 0) is 31.0 Å². The van der Waals surface area contributed by atoms with Gasteiger partial charge in [0.2, 0.25) is 10.0 Å². The number of carboxylic acid groups (broad SMARTS) is 1. The van der Waals surface area contributed by atoms with Gasteiger partial charge in [-0.2, -0.15) is 0 Å². The Hall–Kier alpha value is -1.47. The van der Waals surface area contributed by atoms with E-state index in [0.29, 0.717) is 12.8 Å². The third-order valence-electron chi connectivity index (χ3n) is 2.79. The molecule has 2 N–H and O–H groups in total. The smallest absolute Gasteiger partial charge is 0.338 e. The van der Waals surface area contributed by atoms with Crippen LogP contribution in [-0.4, -0.2) is 25.5 Å². The van der Waals surface area contributed by atoms with E-state index in [-0.39, 0.29) is 10.9 Å². The van der Waals surface area contributed by atoms with Gasteiger partial charge >= 0.3 is 5.97 Å². The monoisotopic (exact) mass is 289 g/mol. The summed E-state index contributed by atoms with van der Waals surface area (Å²) >= 11 is 0. The van der Waals surface area contributed by atoms with Crippen LogP contribution in [0, 0.1) is 5.82 Å². The molecule has 1 rings (SSSR count). The largest absolute Gasteiger partial charge is 0.478 e. The molecule has 0 aliphatic heterocycles. The summed E-state index contributed by atoms with van der Waals surface area (Å²) in [6.45, 7) is 3.67. The van der Waals surface area contributed by atoms with E-state index in [1.807, 2.05) is 13.8 Å². The molecule has 0 spiro atoms. The molecular weight excluding hydrogens is 273 g/mol. The van der Waals surface area contributed by atoms with Crippen molar-refractivity contribution in [3.63, 3.8) is 0 Å². The maximum absolute atomic E-state index is 13.2. The standard InChI is InChI=1S/C12H16FNO4S/c1-3-8(4-2)14-19(17,18)9-5-6-11(13)10(7-9)12(15)16/h5-8,14H,3-4H2,1-2H3,(H,15,16). The predicted octanol–water partition coefficient (Wildman–Crippen LogP) is 1.99. The lowest BCUT2D eigenvalue weighted by atomic mass is 10.2. The van der Waals surface area contributed by atoms with Crippen LogP contribution in [0.3, 0.4) is 0 Å². The van der Waals surface area contributed by atoms with Gasteiger partial charge in [0.05, 0.1) is 10.5 Å². The van der Waals surface area contributed by atoms with Crippen molar-refractivity contribution in [3.8, 4) is 0 Å². The average Bonchev–Trinajstić information content (AvgIpc) is 2.35. The third-order valence-corrected chi connectivity index (χ3v) is 4.30. The molecule has 0 unspecified atom stereocenters. The zero-order valence-corrected chi connectivity index (χ0v) is 11.5. The molecule has 1 aromatic carbocycles. The highest BCUT2D eigenvalue weighted by atomic mass is 32.2. The minimum atomic E-state index is -3.84. The highest BCUT2D eigenvalue weighted by molar-refractivity contribution is 7.89. The van der Waals surface area contributed by atoms with E-state index in [4.69, 9.17) is 5.11 Å². The van der Waals surface area contributed by atoms with E-state index in [9.17, 15) is 17.6 Å². The number of nitrogens with one attached hydrogen (secondary N) is 1. The van der Waals surface area contributed by atoms with Crippen LogP contribution in [0.1, 0.15) is 37.0 Å². The molecule has 106 valence electrons. The molecule has 19 heavy (non-hydrogen) atoms. The Morgan fingerprint density at radius 1 is 1.37 bits per heavy atom. The molecule has 0 saturated heterocycles. The summed E-state index contributed by atoms with van der Waals surface area (Å²) in [4.78, 5) is 10.5. The molecule has 0 atom stereocenters. The SMILES string of the molecule is CCC(CC)NS(=O)(=O)c1ccc(F)c(C(=O)O)c1. The van der Waals surface area contributed by atoms with Crippen molar-refractivity contribution < 1.29 is 22.7 Å². The second-order valence-corrected chi connectivity index (χ2v) is 5.80. The van der Waals surface area contributed by atoms with Crippen LogP contribution in [-0.2, 0) is 10.0 Å². The molecule has 1 aromatic rings. The summed E-state index contributed by atoms with van der Waals surface area (Å²) in [7, 11) is -3.84. The number of halogens is 1. The summed E-state index contributed by atoms with van der Waals surface area (Å²) in [5, 5.41) is 8.77. The molecule has 0 heterocycles. The van der Waals surface area contributed by atoms with Crippen molar-refractivity contribution in [1.82, 2.24) is 4.72 Å². The van der Waals surface area contributed by atoms with E-state index in [1.165, 1.54) is 0 Å². The van der Waals surface area contributed by atoms with E-state index in [2.05, 4.69) is 4.72 Å². The molecule has 0 aliphatic carbocycles. The number of benzene rings is 1. The highest BCUT2D eigenvalue weighted by Crippen LogP contribution is 2.16. The summed E-state index contributed by atoms with van der Waals surface area (Å²) in [5.41, 5.74) is -0.660. The zero-order valence-electron chi connectivity index (χ0n) is 10.7. The quantitative estimate of drug-likeness (QED) is 0.839. The topological polar surface area (TPSA) is 83.5 Å². The first kappa shape index (κ1) is 15.6. The molecule has 0 bridgehead atoms. The Morgan fingerprint density at radius 2 is 1.95 bits per heavy atom. The van der Waals surface area contributed by atoms with Crippen molar-refractivity contribution in [2.45, 2.75) is 37.6 Å². The molecule has 0 aliphatic rings. The summed E-state index contributed by atoms with van der Waals surface area (Å²) in [6.07, 6.45) is 1.23. The number of carbonyl (C=O) groups is 1. The van der Waals surface area contributed by atoms with Crippen LogP contribution in [0.25, 0.3) is 0 Å². The lowest BCUT2D eigenvalue weighted by molar-refractivity contribution is 0.0691. The van der Waals surface area contributed by atoms with Gasteiger partial charge in [0.25, 0.3) is 0 Å². The van der Waals surface area contributed by atoms with Crippen LogP contribution in [0.4, 0.5) is 4.39 Å². The number of aromatic carboxylic acids is 1. The van der Waals surface area contributed by atoms with Crippen LogP contribution in [0.2, 0.25) is 0 Å². The minimum absolute atomic E-state index is 0.233. The van der Waals surface area contributed by atoms with E-state index in [1.54, 1.807) is 0 Å². The fourth-order valence-electron chi connectivity index (χ4n) is 1.58. The van der Waals surface area contributed by atoms with Crippen LogP contribution in [0.15, 0.2) is 23.1 Å². The lowest BCUT2D eigenvalue weighted by Gasteiger charge is -2.15. The number of rotatable bonds is 6. The Labute approximate surface area is 111 Å². The molecule has 5 nitrogen and oxygen atoms in total. The fraction of sp³-hybridized carbons (Fsp3) is 0.417. The van der Waals surface area contributed by atoms with E-state index in [0.717, 1.165) is 18.2 Å². The molecule has 0 saturated carbocycles. The summed E-state index contributed by atoms with van der Waals surface area (Å²) in [6, 6.07) is 2.48. The summed E-state index contributed by atoms with van der Waals surface area (Å²) < 4.78 is 39.7. The molecule has 0 aromatic heterocycles. The Bertz CT molecular complexity index is 567. The predicted molar refractivity (Wildman–Crippen MR) is 68.1 cm³/mol. The number of sulfonamides is 1. The molecule has 0 amide bonds. The first-order chi connectivity index (χ1) is 8.81. The Balaban J connectivity index is 3.15. The fourth-order valence-corrected chi connectivity index (χ4v) is 3.01. The average molecular weight is 289 g/mol. The van der Waals surface area contributed by atoms with Gasteiger partial charge in [-0.1, -0.05) is 13.8 Å². The van der Waals surface area contributed by atoms with Crippen molar-refractivity contribution >= 4 is 16.0 Å². The van der Waals surface area contributed by atoms with E-state index < -0.39 is 27.4 Å². The first-order valence-electron chi connectivity index (χ1n) is 5.87. The van der Waals surface area contributed by atoms with Crippen LogP contribution in [0.5, 0.6) is 0 Å². The van der Waals surface area contributed by atoms with Gasteiger partial charge in [-0.3, -0.25) is 0 Å². The van der Waals surface area contributed by atoms with Crippen molar-refractivity contribution in [1.29, 1.82) is 0 Å². The number of hydrogen-bond acceptors (Lipinski definition) is 3. The minimum Gasteiger partial charge on any atom is -0.478 e. The van der Waals surface area contributed by atoms with Crippen LogP contribution >= 0.6 is 0 Å². The number of carboxylic acids is 1. The second kappa shape index (κ2) is 6.12. The van der Waals surface area contributed by atoms with Gasteiger partial charge in [-0.15, -0.1) is 0 Å². The lowest BCUT2D eigenvalue weighted by Crippen LogP contribution is -2.34. The number of hydrogen-bond donors (Lipinski definition) is 2. The molecule has 7 heteroatoms. The van der Waals surface area contributed by atoms with Gasteiger partial charge in [0.1, 0.15) is 5.82 Å². The summed E-state index contributed by atoms with van der Waals surface area (Å²) in [5.74, 6) is -2.47. The van der Waals surface area contributed by atoms with Gasteiger partial charge < -0.3 is 5.11 Å². The second-order valence-electron chi connectivity index (χ2n) is 4.08. The molecule has 0 radical (unpaired) electrons. The van der Waals surface area contributed by atoms with Gasteiger partial charge in [-0.25, -0.2) is 22.3 Å². The first-order valence-corrected chi connectivity index (χ1v) is 7.35. The Kier molecular flexibility index (Phi) is 5.02. The van der Waals surface area contributed by atoms with Crippen molar-refractivity contribution in [2.24, 2.45) is 0 Å². The van der Waals surface area contributed by atoms with Crippen molar-refractivity contribution in [3.05, 3.63) is 29.6 Å². The van der Waals surface area contributed by atoms with Gasteiger partial charge in [0.15, 0.2) is 0 Å². The van der Waals surface area contributed by atoms with E-state index >= 15 is 0 Å². The normalized spacial score (nSPS) is 11.8. The van der Waals surface area contributed by atoms with Crippen LogP contribution < -0.4 is 4.72 Å². The maximum Gasteiger partial charge on any atom is 0.338 e.